The van der Waals surface area contributed by atoms with E-state index in [0.717, 1.165) is 6.42 Å². The topological polar surface area (TPSA) is 32.3 Å². The summed E-state index contributed by atoms with van der Waals surface area (Å²) >= 11 is 0. The molecule has 1 aliphatic heterocycles. The smallest absolute Gasteiger partial charge is 0.329 e. The van der Waals surface area contributed by atoms with Crippen LogP contribution in [0.5, 0.6) is 0 Å². The fourth-order valence-corrected chi connectivity index (χ4v) is 1.73. The van der Waals surface area contributed by atoms with Gasteiger partial charge < -0.3 is 10.2 Å². The number of carbonyl (C=O) groups excluding carboxylic acids is 1. The highest BCUT2D eigenvalue weighted by Gasteiger charge is 2.30. The minimum atomic E-state index is -4.34. The zero-order chi connectivity index (χ0) is 12.3. The molecule has 0 aromatic carbocycles. The van der Waals surface area contributed by atoms with E-state index in [1.54, 1.807) is 0 Å². The van der Waals surface area contributed by atoms with Crippen molar-refractivity contribution in [2.75, 3.05) is 19.6 Å². The van der Waals surface area contributed by atoms with Crippen molar-refractivity contribution in [2.24, 2.45) is 11.8 Å². The second-order valence-corrected chi connectivity index (χ2v) is 4.46. The Bertz CT molecular complexity index is 255. The number of urea groups is 1. The van der Waals surface area contributed by atoms with Crippen molar-refractivity contribution in [2.45, 2.75) is 26.4 Å². The lowest BCUT2D eigenvalue weighted by molar-refractivity contribution is -0.123. The summed E-state index contributed by atoms with van der Waals surface area (Å²) in [6.07, 6.45) is -3.50. The Morgan fingerprint density at radius 2 is 2.00 bits per heavy atom. The van der Waals surface area contributed by atoms with Gasteiger partial charge in [-0.1, -0.05) is 13.8 Å². The lowest BCUT2D eigenvalue weighted by Gasteiger charge is -2.35. The second kappa shape index (κ2) is 4.93. The Morgan fingerprint density at radius 3 is 2.50 bits per heavy atom. The maximum atomic E-state index is 11.9. The van der Waals surface area contributed by atoms with Gasteiger partial charge in [-0.05, 0) is 18.3 Å². The summed E-state index contributed by atoms with van der Waals surface area (Å²) in [5.74, 6) is 0.858. The highest BCUT2D eigenvalue weighted by Crippen LogP contribution is 2.22. The van der Waals surface area contributed by atoms with Crippen molar-refractivity contribution in [3.8, 4) is 0 Å². The molecule has 0 aromatic rings. The third kappa shape index (κ3) is 3.90. The Balaban J connectivity index is 2.38. The van der Waals surface area contributed by atoms with Crippen LogP contribution in [-0.4, -0.2) is 36.7 Å². The summed E-state index contributed by atoms with van der Waals surface area (Å²) in [6.45, 7) is 3.91. The SMILES string of the molecule is CC1CCN(C(=O)NCC(F)(F)F)CC1C. The van der Waals surface area contributed by atoms with Crippen molar-refractivity contribution in [1.29, 1.82) is 0 Å². The first-order valence-electron chi connectivity index (χ1n) is 5.39. The van der Waals surface area contributed by atoms with Gasteiger partial charge in [0.15, 0.2) is 0 Å². The lowest BCUT2D eigenvalue weighted by Crippen LogP contribution is -2.48. The molecule has 1 heterocycles. The lowest BCUT2D eigenvalue weighted by atomic mass is 9.89. The summed E-state index contributed by atoms with van der Waals surface area (Å²) in [7, 11) is 0. The first kappa shape index (κ1) is 13.1. The van der Waals surface area contributed by atoms with Crippen molar-refractivity contribution in [3.05, 3.63) is 0 Å². The van der Waals surface area contributed by atoms with Gasteiger partial charge in [0.1, 0.15) is 6.54 Å². The monoisotopic (exact) mass is 238 g/mol. The molecular weight excluding hydrogens is 221 g/mol. The molecule has 1 saturated heterocycles. The van der Waals surface area contributed by atoms with E-state index in [0.29, 0.717) is 24.9 Å². The Kier molecular flexibility index (Phi) is 4.04. The number of hydrogen-bond acceptors (Lipinski definition) is 1. The maximum Gasteiger partial charge on any atom is 0.405 e. The van der Waals surface area contributed by atoms with E-state index in [9.17, 15) is 18.0 Å². The number of amides is 2. The van der Waals surface area contributed by atoms with Gasteiger partial charge in [0.25, 0.3) is 0 Å². The fraction of sp³-hybridized carbons (Fsp3) is 0.900. The number of rotatable bonds is 1. The molecule has 1 N–H and O–H groups in total. The van der Waals surface area contributed by atoms with Crippen LogP contribution in [0.4, 0.5) is 18.0 Å². The molecule has 1 rings (SSSR count). The summed E-state index contributed by atoms with van der Waals surface area (Å²) in [5.41, 5.74) is 0. The van der Waals surface area contributed by atoms with Crippen LogP contribution in [-0.2, 0) is 0 Å². The normalized spacial score (nSPS) is 26.7. The third-order valence-corrected chi connectivity index (χ3v) is 3.06. The molecule has 2 amide bonds. The number of nitrogens with one attached hydrogen (secondary N) is 1. The Morgan fingerprint density at radius 1 is 1.38 bits per heavy atom. The van der Waals surface area contributed by atoms with Gasteiger partial charge in [-0.15, -0.1) is 0 Å². The summed E-state index contributed by atoms with van der Waals surface area (Å²) < 4.78 is 35.7. The van der Waals surface area contributed by atoms with Crippen LogP contribution in [0.15, 0.2) is 0 Å². The quantitative estimate of drug-likeness (QED) is 0.746. The predicted octanol–water partition coefficient (Wildman–Crippen LogP) is 2.24. The summed E-state index contributed by atoms with van der Waals surface area (Å²) in [6, 6.07) is -0.615. The molecule has 3 nitrogen and oxygen atoms in total. The van der Waals surface area contributed by atoms with Crippen LogP contribution in [0.1, 0.15) is 20.3 Å². The van der Waals surface area contributed by atoms with E-state index in [1.165, 1.54) is 4.90 Å². The fourth-order valence-electron chi connectivity index (χ4n) is 1.73. The molecular formula is C10H17F3N2O. The zero-order valence-corrected chi connectivity index (χ0v) is 9.47. The minimum Gasteiger partial charge on any atom is -0.329 e. The van der Waals surface area contributed by atoms with Crippen LogP contribution >= 0.6 is 0 Å². The van der Waals surface area contributed by atoms with E-state index >= 15 is 0 Å². The third-order valence-electron chi connectivity index (χ3n) is 3.06. The molecule has 0 spiro atoms. The maximum absolute atomic E-state index is 11.9. The minimum absolute atomic E-state index is 0.338. The molecule has 0 saturated carbocycles. The van der Waals surface area contributed by atoms with Crippen LogP contribution in [0, 0.1) is 11.8 Å². The largest absolute Gasteiger partial charge is 0.405 e. The molecule has 0 aromatic heterocycles. The molecule has 1 aliphatic rings. The summed E-state index contributed by atoms with van der Waals surface area (Å²) in [4.78, 5) is 12.9. The second-order valence-electron chi connectivity index (χ2n) is 4.46. The van der Waals surface area contributed by atoms with Crippen molar-refractivity contribution in [1.82, 2.24) is 10.2 Å². The number of halogens is 3. The summed E-state index contributed by atoms with van der Waals surface area (Å²) in [5, 5.41) is 1.89. The van der Waals surface area contributed by atoms with E-state index < -0.39 is 18.8 Å². The van der Waals surface area contributed by atoms with E-state index in [1.807, 2.05) is 12.2 Å². The number of alkyl halides is 3. The van der Waals surface area contributed by atoms with Gasteiger partial charge in [0.2, 0.25) is 0 Å². The Hall–Kier alpha value is -0.940. The van der Waals surface area contributed by atoms with Gasteiger partial charge in [-0.25, -0.2) is 4.79 Å². The highest BCUT2D eigenvalue weighted by atomic mass is 19.4. The van der Waals surface area contributed by atoms with Crippen LogP contribution in [0.25, 0.3) is 0 Å². The Labute approximate surface area is 93.0 Å². The van der Waals surface area contributed by atoms with Crippen molar-refractivity contribution < 1.29 is 18.0 Å². The predicted molar refractivity (Wildman–Crippen MR) is 54.0 cm³/mol. The number of hydrogen-bond donors (Lipinski definition) is 1. The number of likely N-dealkylation sites (tertiary alicyclic amines) is 1. The van der Waals surface area contributed by atoms with Gasteiger partial charge in [0.05, 0.1) is 0 Å². The first-order chi connectivity index (χ1) is 7.29. The standard InChI is InChI=1S/C10H17F3N2O/c1-7-3-4-15(5-8(7)2)9(16)14-6-10(11,12)13/h7-8H,3-6H2,1-2H3,(H,14,16). The molecule has 0 bridgehead atoms. The van der Waals surface area contributed by atoms with Crippen molar-refractivity contribution >= 4 is 6.03 Å². The number of piperidine rings is 1. The zero-order valence-electron chi connectivity index (χ0n) is 9.47. The molecule has 16 heavy (non-hydrogen) atoms. The van der Waals surface area contributed by atoms with Crippen LogP contribution in [0.3, 0.4) is 0 Å². The van der Waals surface area contributed by atoms with E-state index in [-0.39, 0.29) is 0 Å². The van der Waals surface area contributed by atoms with E-state index in [2.05, 4.69) is 6.92 Å². The van der Waals surface area contributed by atoms with Crippen molar-refractivity contribution in [3.63, 3.8) is 0 Å². The molecule has 1 fully saturated rings. The molecule has 0 radical (unpaired) electrons. The number of carbonyl (C=O) groups is 1. The molecule has 2 atom stereocenters. The molecule has 0 aliphatic carbocycles. The highest BCUT2D eigenvalue weighted by molar-refractivity contribution is 5.74. The number of nitrogens with zero attached hydrogens (tertiary/aromatic N) is 1. The average molecular weight is 238 g/mol. The molecule has 2 unspecified atom stereocenters. The van der Waals surface area contributed by atoms with Gasteiger partial charge >= 0.3 is 12.2 Å². The first-order valence-corrected chi connectivity index (χ1v) is 5.39. The van der Waals surface area contributed by atoms with Gasteiger partial charge in [-0.3, -0.25) is 0 Å². The molecule has 6 heteroatoms. The van der Waals surface area contributed by atoms with Crippen LogP contribution in [0.2, 0.25) is 0 Å². The van der Waals surface area contributed by atoms with E-state index in [4.69, 9.17) is 0 Å². The van der Waals surface area contributed by atoms with Gasteiger partial charge in [-0.2, -0.15) is 13.2 Å². The molecule has 94 valence electrons. The van der Waals surface area contributed by atoms with Crippen LogP contribution < -0.4 is 5.32 Å². The van der Waals surface area contributed by atoms with Gasteiger partial charge in [0, 0.05) is 13.1 Å². The average Bonchev–Trinajstić information content (AvgIpc) is 2.17.